The molecule has 5 nitrogen and oxygen atoms in total. The molecule has 2 aromatic carbocycles. The summed E-state index contributed by atoms with van der Waals surface area (Å²) >= 11 is 0. The average molecular weight is 453 g/mol. The second-order valence-corrected chi connectivity index (χ2v) is 8.70. The Balaban J connectivity index is 1.73. The Hall–Kier alpha value is -2.53. The summed E-state index contributed by atoms with van der Waals surface area (Å²) in [4.78, 5) is 15.6. The van der Waals surface area contributed by atoms with Crippen molar-refractivity contribution >= 4 is 11.6 Å². The SMILES string of the molecule is CCCC(NC(=O)Cc1ccc(COCC)c(OCC)c1)c1ccccc1N1CCCCC1. The molecular formula is C28H40N2O3. The smallest absolute Gasteiger partial charge is 0.224 e. The maximum absolute atomic E-state index is 13.1. The van der Waals surface area contributed by atoms with Crippen LogP contribution in [0.15, 0.2) is 42.5 Å². The second-order valence-electron chi connectivity index (χ2n) is 8.70. The molecule has 1 amide bonds. The number of carbonyl (C=O) groups excluding carboxylic acids is 1. The number of nitrogens with one attached hydrogen (secondary N) is 1. The van der Waals surface area contributed by atoms with Gasteiger partial charge >= 0.3 is 0 Å². The number of hydrogen-bond acceptors (Lipinski definition) is 4. The fourth-order valence-electron chi connectivity index (χ4n) is 4.56. The van der Waals surface area contributed by atoms with Crippen LogP contribution < -0.4 is 15.0 Å². The predicted molar refractivity (Wildman–Crippen MR) is 135 cm³/mol. The lowest BCUT2D eigenvalue weighted by Crippen LogP contribution is -2.34. The summed E-state index contributed by atoms with van der Waals surface area (Å²) in [6, 6.07) is 14.6. The first kappa shape index (κ1) is 25.1. The van der Waals surface area contributed by atoms with E-state index in [0.29, 0.717) is 26.2 Å². The van der Waals surface area contributed by atoms with Crippen LogP contribution in [0.25, 0.3) is 0 Å². The highest BCUT2D eigenvalue weighted by molar-refractivity contribution is 5.79. The number of benzene rings is 2. The van der Waals surface area contributed by atoms with Gasteiger partial charge in [-0.3, -0.25) is 4.79 Å². The van der Waals surface area contributed by atoms with Gasteiger partial charge in [-0.05, 0) is 62.8 Å². The van der Waals surface area contributed by atoms with Crippen molar-refractivity contribution in [2.24, 2.45) is 0 Å². The molecule has 180 valence electrons. The number of amides is 1. The van der Waals surface area contributed by atoms with E-state index in [-0.39, 0.29) is 11.9 Å². The summed E-state index contributed by atoms with van der Waals surface area (Å²) in [7, 11) is 0. The minimum atomic E-state index is 0.0178. The second kappa shape index (κ2) is 13.2. The van der Waals surface area contributed by atoms with Crippen molar-refractivity contribution in [3.63, 3.8) is 0 Å². The van der Waals surface area contributed by atoms with Crippen molar-refractivity contribution in [2.45, 2.75) is 71.9 Å². The minimum absolute atomic E-state index is 0.0178. The monoisotopic (exact) mass is 452 g/mol. The van der Waals surface area contributed by atoms with Crippen LogP contribution in [0, 0.1) is 0 Å². The summed E-state index contributed by atoms with van der Waals surface area (Å²) in [6.45, 7) is 10.1. The van der Waals surface area contributed by atoms with E-state index in [1.807, 2.05) is 32.0 Å². The van der Waals surface area contributed by atoms with Crippen molar-refractivity contribution in [1.29, 1.82) is 0 Å². The Morgan fingerprint density at radius 3 is 2.55 bits per heavy atom. The van der Waals surface area contributed by atoms with Crippen LogP contribution in [0.2, 0.25) is 0 Å². The van der Waals surface area contributed by atoms with Crippen LogP contribution in [-0.4, -0.2) is 32.2 Å². The summed E-state index contributed by atoms with van der Waals surface area (Å²) in [5.41, 5.74) is 4.48. The Labute approximate surface area is 199 Å². The van der Waals surface area contributed by atoms with Crippen LogP contribution in [0.4, 0.5) is 5.69 Å². The Morgan fingerprint density at radius 2 is 1.82 bits per heavy atom. The molecule has 0 spiro atoms. The van der Waals surface area contributed by atoms with Gasteiger partial charge in [0.25, 0.3) is 0 Å². The van der Waals surface area contributed by atoms with Gasteiger partial charge in [0, 0.05) is 30.9 Å². The highest BCUT2D eigenvalue weighted by Gasteiger charge is 2.21. The van der Waals surface area contributed by atoms with E-state index in [4.69, 9.17) is 9.47 Å². The topological polar surface area (TPSA) is 50.8 Å². The zero-order chi connectivity index (χ0) is 23.5. The molecule has 33 heavy (non-hydrogen) atoms. The number of nitrogens with zero attached hydrogens (tertiary/aromatic N) is 1. The summed E-state index contributed by atoms with van der Waals surface area (Å²) in [6.07, 6.45) is 6.05. The third-order valence-electron chi connectivity index (χ3n) is 6.18. The molecule has 0 bridgehead atoms. The molecule has 1 aliphatic rings. The molecule has 0 aromatic heterocycles. The molecule has 5 heteroatoms. The van der Waals surface area contributed by atoms with Crippen molar-refractivity contribution in [3.8, 4) is 5.75 Å². The van der Waals surface area contributed by atoms with Gasteiger partial charge in [0.2, 0.25) is 5.91 Å². The fourth-order valence-corrected chi connectivity index (χ4v) is 4.56. The van der Waals surface area contributed by atoms with Gasteiger partial charge < -0.3 is 19.7 Å². The number of carbonyl (C=O) groups is 1. The lowest BCUT2D eigenvalue weighted by Gasteiger charge is -2.32. The largest absolute Gasteiger partial charge is 0.493 e. The first-order chi connectivity index (χ1) is 16.2. The minimum Gasteiger partial charge on any atom is -0.493 e. The number of piperidine rings is 1. The molecule has 3 rings (SSSR count). The fraction of sp³-hybridized carbons (Fsp3) is 0.536. The first-order valence-corrected chi connectivity index (χ1v) is 12.6. The van der Waals surface area contributed by atoms with Gasteiger partial charge in [0.05, 0.1) is 25.7 Å². The van der Waals surface area contributed by atoms with Crippen molar-refractivity contribution in [2.75, 3.05) is 31.2 Å². The summed E-state index contributed by atoms with van der Waals surface area (Å²) in [5, 5.41) is 3.33. The van der Waals surface area contributed by atoms with Crippen molar-refractivity contribution < 1.29 is 14.3 Å². The number of rotatable bonds is 12. The number of anilines is 1. The van der Waals surface area contributed by atoms with Crippen molar-refractivity contribution in [3.05, 3.63) is 59.2 Å². The average Bonchev–Trinajstić information content (AvgIpc) is 2.84. The third-order valence-corrected chi connectivity index (χ3v) is 6.18. The molecular weight excluding hydrogens is 412 g/mol. The first-order valence-electron chi connectivity index (χ1n) is 12.6. The highest BCUT2D eigenvalue weighted by Crippen LogP contribution is 2.31. The lowest BCUT2D eigenvalue weighted by atomic mass is 9.98. The van der Waals surface area contributed by atoms with E-state index in [2.05, 4.69) is 41.4 Å². The predicted octanol–water partition coefficient (Wildman–Crippen LogP) is 5.81. The summed E-state index contributed by atoms with van der Waals surface area (Å²) < 4.78 is 11.4. The van der Waals surface area contributed by atoms with E-state index < -0.39 is 0 Å². The van der Waals surface area contributed by atoms with Crippen LogP contribution in [0.5, 0.6) is 5.75 Å². The van der Waals surface area contributed by atoms with Crippen LogP contribution in [0.3, 0.4) is 0 Å². The number of ether oxygens (including phenoxy) is 2. The van der Waals surface area contributed by atoms with E-state index >= 15 is 0 Å². The van der Waals surface area contributed by atoms with Gasteiger partial charge in [-0.15, -0.1) is 0 Å². The van der Waals surface area contributed by atoms with E-state index in [1.165, 1.54) is 30.5 Å². The highest BCUT2D eigenvalue weighted by atomic mass is 16.5. The number of para-hydroxylation sites is 1. The molecule has 1 N–H and O–H groups in total. The molecule has 1 aliphatic heterocycles. The van der Waals surface area contributed by atoms with Crippen LogP contribution in [-0.2, 0) is 22.6 Å². The Kier molecular flexibility index (Phi) is 10.1. The lowest BCUT2D eigenvalue weighted by molar-refractivity contribution is -0.121. The Bertz CT molecular complexity index is 877. The zero-order valence-corrected chi connectivity index (χ0v) is 20.6. The molecule has 0 radical (unpaired) electrons. The van der Waals surface area contributed by atoms with Gasteiger partial charge in [0.1, 0.15) is 5.75 Å². The molecule has 1 fully saturated rings. The van der Waals surface area contributed by atoms with Crippen molar-refractivity contribution in [1.82, 2.24) is 5.32 Å². The quantitative estimate of drug-likeness (QED) is 0.441. The molecule has 1 unspecified atom stereocenters. The molecule has 1 saturated heterocycles. The van der Waals surface area contributed by atoms with Gasteiger partial charge in [-0.2, -0.15) is 0 Å². The molecule has 1 heterocycles. The normalized spacial score (nSPS) is 14.7. The van der Waals surface area contributed by atoms with Gasteiger partial charge in [-0.1, -0.05) is 43.7 Å². The van der Waals surface area contributed by atoms with E-state index in [1.54, 1.807) is 0 Å². The molecule has 0 aliphatic carbocycles. The Morgan fingerprint density at radius 1 is 1.03 bits per heavy atom. The maximum atomic E-state index is 13.1. The van der Waals surface area contributed by atoms with Crippen LogP contribution in [0.1, 0.15) is 75.6 Å². The molecule has 0 saturated carbocycles. The van der Waals surface area contributed by atoms with E-state index in [0.717, 1.165) is 42.8 Å². The van der Waals surface area contributed by atoms with Crippen LogP contribution >= 0.6 is 0 Å². The zero-order valence-electron chi connectivity index (χ0n) is 20.6. The van der Waals surface area contributed by atoms with Gasteiger partial charge in [-0.25, -0.2) is 0 Å². The third kappa shape index (κ3) is 7.23. The standard InChI is InChI=1S/C28H40N2O3/c1-4-12-25(24-13-8-9-14-26(24)30-17-10-7-11-18-30)29-28(31)20-22-15-16-23(21-32-5-2)27(19-22)33-6-3/h8-9,13-16,19,25H,4-7,10-12,17-18,20-21H2,1-3H3,(H,29,31). The van der Waals surface area contributed by atoms with E-state index in [9.17, 15) is 4.79 Å². The summed E-state index contributed by atoms with van der Waals surface area (Å²) in [5.74, 6) is 0.846. The number of hydrogen-bond donors (Lipinski definition) is 1. The molecule has 2 aromatic rings. The van der Waals surface area contributed by atoms with Gasteiger partial charge in [0.15, 0.2) is 0 Å². The molecule has 1 atom stereocenters. The maximum Gasteiger partial charge on any atom is 0.224 e.